The molecule has 7 nitrogen and oxygen atoms in total. The van der Waals surface area contributed by atoms with Crippen molar-refractivity contribution in [2.45, 2.75) is 6.92 Å². The summed E-state index contributed by atoms with van der Waals surface area (Å²) < 4.78 is 0. The number of halogens is 1. The van der Waals surface area contributed by atoms with Crippen LogP contribution in [0.15, 0.2) is 54.7 Å². The molecule has 1 N–H and O–H groups in total. The maximum Gasteiger partial charge on any atom is 0.270 e. The fourth-order valence-electron chi connectivity index (χ4n) is 2.82. The first kappa shape index (κ1) is 19.0. The molecule has 0 aliphatic heterocycles. The third-order valence-electron chi connectivity index (χ3n) is 4.29. The molecular formula is C20H13ClN4O3S. The molecule has 0 aliphatic carbocycles. The Labute approximate surface area is 174 Å². The largest absolute Gasteiger partial charge is 0.322 e. The Kier molecular flexibility index (Phi) is 4.96. The van der Waals surface area contributed by atoms with E-state index in [0.29, 0.717) is 5.69 Å². The molecular weight excluding hydrogens is 412 g/mol. The summed E-state index contributed by atoms with van der Waals surface area (Å²) in [7, 11) is 0. The summed E-state index contributed by atoms with van der Waals surface area (Å²) in [5, 5.41) is 14.7. The fourth-order valence-corrected chi connectivity index (χ4v) is 3.93. The van der Waals surface area contributed by atoms with Crippen molar-refractivity contribution in [3.05, 3.63) is 81.0 Å². The topological polar surface area (TPSA) is 98.0 Å². The Hall–Kier alpha value is -3.36. The molecule has 1 amide bonds. The van der Waals surface area contributed by atoms with E-state index in [1.165, 1.54) is 23.5 Å². The van der Waals surface area contributed by atoms with E-state index in [9.17, 15) is 14.9 Å². The minimum absolute atomic E-state index is 0.0431. The molecule has 4 aromatic rings. The molecule has 9 heteroatoms. The molecule has 29 heavy (non-hydrogen) atoms. The number of aryl methyl sites for hydroxylation is 1. The number of anilines is 1. The lowest BCUT2D eigenvalue weighted by atomic mass is 10.1. The highest BCUT2D eigenvalue weighted by atomic mass is 35.5. The first-order valence-electron chi connectivity index (χ1n) is 8.50. The number of hydrogen-bond donors (Lipinski definition) is 1. The van der Waals surface area contributed by atoms with Gasteiger partial charge in [0.25, 0.3) is 11.6 Å². The number of carbonyl (C=O) groups excluding carboxylic acids is 1. The third kappa shape index (κ3) is 3.80. The lowest BCUT2D eigenvalue weighted by molar-refractivity contribution is -0.384. The first-order chi connectivity index (χ1) is 13.9. The molecule has 2 aromatic carbocycles. The third-order valence-corrected chi connectivity index (χ3v) is 5.65. The first-order valence-corrected chi connectivity index (χ1v) is 9.69. The quantitative estimate of drug-likeness (QED) is 0.345. The van der Waals surface area contributed by atoms with Gasteiger partial charge in [-0.15, -0.1) is 0 Å². The summed E-state index contributed by atoms with van der Waals surface area (Å²) in [6.45, 7) is 1.86. The van der Waals surface area contributed by atoms with Crippen molar-refractivity contribution in [3.63, 3.8) is 0 Å². The van der Waals surface area contributed by atoms with Gasteiger partial charge >= 0.3 is 0 Å². The van der Waals surface area contributed by atoms with Crippen molar-refractivity contribution in [1.82, 2.24) is 9.97 Å². The summed E-state index contributed by atoms with van der Waals surface area (Å²) in [5.41, 5.74) is 3.00. The van der Waals surface area contributed by atoms with Gasteiger partial charge in [0.2, 0.25) is 0 Å². The van der Waals surface area contributed by atoms with Crippen LogP contribution in [-0.2, 0) is 0 Å². The number of nitro groups is 1. The van der Waals surface area contributed by atoms with Gasteiger partial charge in [-0.2, -0.15) is 0 Å². The molecule has 0 saturated heterocycles. The molecule has 0 radical (unpaired) electrons. The van der Waals surface area contributed by atoms with Gasteiger partial charge in [0.05, 0.1) is 15.5 Å². The Morgan fingerprint density at radius 1 is 1.21 bits per heavy atom. The summed E-state index contributed by atoms with van der Waals surface area (Å²) in [4.78, 5) is 32.7. The Bertz CT molecular complexity index is 1240. The summed E-state index contributed by atoms with van der Waals surface area (Å²) in [6.07, 6.45) is 1.73. The molecule has 0 atom stereocenters. The number of nitro benzene ring substituents is 1. The highest BCUT2D eigenvalue weighted by Crippen LogP contribution is 2.31. The summed E-state index contributed by atoms with van der Waals surface area (Å²) in [6, 6.07) is 13.1. The van der Waals surface area contributed by atoms with Crippen molar-refractivity contribution < 1.29 is 9.72 Å². The highest BCUT2D eigenvalue weighted by Gasteiger charge is 2.17. The lowest BCUT2D eigenvalue weighted by Crippen LogP contribution is -2.13. The van der Waals surface area contributed by atoms with E-state index < -0.39 is 10.8 Å². The van der Waals surface area contributed by atoms with Crippen molar-refractivity contribution in [1.29, 1.82) is 0 Å². The zero-order valence-corrected chi connectivity index (χ0v) is 16.6. The van der Waals surface area contributed by atoms with Gasteiger partial charge in [0.15, 0.2) is 0 Å². The van der Waals surface area contributed by atoms with E-state index in [1.807, 2.05) is 31.2 Å². The van der Waals surface area contributed by atoms with Crippen LogP contribution in [0.2, 0.25) is 5.02 Å². The molecule has 2 heterocycles. The maximum absolute atomic E-state index is 12.6. The smallest absolute Gasteiger partial charge is 0.270 e. The van der Waals surface area contributed by atoms with E-state index in [0.717, 1.165) is 32.5 Å². The second-order valence-corrected chi connectivity index (χ2v) is 7.64. The van der Waals surface area contributed by atoms with Crippen LogP contribution >= 0.6 is 22.9 Å². The average molecular weight is 425 g/mol. The van der Waals surface area contributed by atoms with Crippen molar-refractivity contribution in [3.8, 4) is 10.6 Å². The minimum Gasteiger partial charge on any atom is -0.322 e. The van der Waals surface area contributed by atoms with Crippen molar-refractivity contribution in [2.75, 3.05) is 5.32 Å². The predicted octanol–water partition coefficient (Wildman–Crippen LogP) is 5.48. The number of pyridine rings is 1. The molecule has 0 spiro atoms. The number of carbonyl (C=O) groups is 1. The molecule has 0 saturated carbocycles. The molecule has 144 valence electrons. The number of nitrogens with one attached hydrogen (secondary N) is 1. The highest BCUT2D eigenvalue weighted by molar-refractivity contribution is 7.21. The molecule has 0 aliphatic rings. The minimum atomic E-state index is -0.569. The number of rotatable bonds is 4. The SMILES string of the molecule is Cc1cc(-c2nc3cccnc3s2)ccc1NC(=O)c1cc([N+](=O)[O-])ccc1Cl. The van der Waals surface area contributed by atoms with Crippen LogP contribution in [0, 0.1) is 17.0 Å². The normalized spacial score (nSPS) is 10.8. The Balaban J connectivity index is 1.61. The van der Waals surface area contributed by atoms with Crippen LogP contribution in [0.25, 0.3) is 20.9 Å². The van der Waals surface area contributed by atoms with Crippen LogP contribution in [-0.4, -0.2) is 20.8 Å². The number of non-ortho nitro benzene ring substituents is 1. The molecule has 0 bridgehead atoms. The zero-order valence-electron chi connectivity index (χ0n) is 15.0. The average Bonchev–Trinajstić information content (AvgIpc) is 3.13. The molecule has 4 rings (SSSR count). The van der Waals surface area contributed by atoms with Gasteiger partial charge in [0.1, 0.15) is 15.4 Å². The standard InChI is InChI=1S/C20H13ClN4O3S/c1-11-9-12(19-24-17-3-2-8-22-20(17)29-19)4-7-16(11)23-18(26)14-10-13(25(27)28)5-6-15(14)21/h2-10H,1H3,(H,23,26). The van der Waals surface area contributed by atoms with E-state index in [-0.39, 0.29) is 16.3 Å². The van der Waals surface area contributed by atoms with Gasteiger partial charge in [-0.05, 0) is 48.9 Å². The molecule has 0 fully saturated rings. The van der Waals surface area contributed by atoms with Gasteiger partial charge in [-0.1, -0.05) is 22.9 Å². The fraction of sp³-hybridized carbons (Fsp3) is 0.0500. The van der Waals surface area contributed by atoms with Gasteiger partial charge in [-0.3, -0.25) is 14.9 Å². The number of fused-ring (bicyclic) bond motifs is 1. The maximum atomic E-state index is 12.6. The predicted molar refractivity (Wildman–Crippen MR) is 114 cm³/mol. The number of nitrogens with zero attached hydrogens (tertiary/aromatic N) is 3. The van der Waals surface area contributed by atoms with E-state index >= 15 is 0 Å². The van der Waals surface area contributed by atoms with E-state index in [2.05, 4.69) is 15.3 Å². The van der Waals surface area contributed by atoms with Crippen LogP contribution < -0.4 is 5.32 Å². The van der Waals surface area contributed by atoms with Crippen LogP contribution in [0.1, 0.15) is 15.9 Å². The second kappa shape index (κ2) is 7.57. The van der Waals surface area contributed by atoms with Gasteiger partial charge < -0.3 is 5.32 Å². The molecule has 0 unspecified atom stereocenters. The summed E-state index contributed by atoms with van der Waals surface area (Å²) >= 11 is 7.54. The molecule has 2 aromatic heterocycles. The number of amides is 1. The number of thiazole rings is 1. The Morgan fingerprint density at radius 3 is 2.76 bits per heavy atom. The van der Waals surface area contributed by atoms with Crippen LogP contribution in [0.3, 0.4) is 0 Å². The van der Waals surface area contributed by atoms with E-state index in [4.69, 9.17) is 11.6 Å². The number of aromatic nitrogens is 2. The second-order valence-electron chi connectivity index (χ2n) is 6.25. The Morgan fingerprint density at radius 2 is 2.03 bits per heavy atom. The number of benzene rings is 2. The van der Waals surface area contributed by atoms with Crippen LogP contribution in [0.5, 0.6) is 0 Å². The van der Waals surface area contributed by atoms with E-state index in [1.54, 1.807) is 12.3 Å². The number of hydrogen-bond acceptors (Lipinski definition) is 6. The van der Waals surface area contributed by atoms with Crippen LogP contribution in [0.4, 0.5) is 11.4 Å². The van der Waals surface area contributed by atoms with Gasteiger partial charge in [-0.25, -0.2) is 9.97 Å². The van der Waals surface area contributed by atoms with Gasteiger partial charge in [0, 0.05) is 29.6 Å². The lowest BCUT2D eigenvalue weighted by Gasteiger charge is -2.10. The van der Waals surface area contributed by atoms with Crippen molar-refractivity contribution in [2.24, 2.45) is 0 Å². The summed E-state index contributed by atoms with van der Waals surface area (Å²) in [5.74, 6) is -0.515. The van der Waals surface area contributed by atoms with Crippen molar-refractivity contribution >= 4 is 50.6 Å². The monoisotopic (exact) mass is 424 g/mol. The zero-order chi connectivity index (χ0) is 20.5.